The Balaban J connectivity index is 1.31. The van der Waals surface area contributed by atoms with Gasteiger partial charge in [-0.05, 0) is 42.0 Å². The highest BCUT2D eigenvalue weighted by molar-refractivity contribution is 6.01. The van der Waals surface area contributed by atoms with E-state index in [1.54, 1.807) is 52.4 Å². The molecule has 1 aliphatic rings. The van der Waals surface area contributed by atoms with Crippen molar-refractivity contribution in [3.05, 3.63) is 109 Å². The molecule has 0 radical (unpaired) electrons. The number of nitrogens with one attached hydrogen (secondary N) is 2. The van der Waals surface area contributed by atoms with E-state index in [2.05, 4.69) is 25.6 Å². The first kappa shape index (κ1) is 25.3. The van der Waals surface area contributed by atoms with Gasteiger partial charge in [0.05, 0.1) is 5.52 Å². The van der Waals surface area contributed by atoms with E-state index in [1.165, 1.54) is 0 Å². The molecule has 0 bridgehead atoms. The zero-order valence-corrected chi connectivity index (χ0v) is 22.3. The first-order valence-corrected chi connectivity index (χ1v) is 13.4. The minimum Gasteiger partial charge on any atom is -0.454 e. The fraction of sp³-hybridized carbons (Fsp3) is 0.129. The van der Waals surface area contributed by atoms with Crippen molar-refractivity contribution in [3.63, 3.8) is 0 Å². The van der Waals surface area contributed by atoms with Gasteiger partial charge < -0.3 is 24.7 Å². The Morgan fingerprint density at radius 3 is 2.76 bits per heavy atom. The van der Waals surface area contributed by atoms with E-state index in [0.29, 0.717) is 28.3 Å². The predicted molar refractivity (Wildman–Crippen MR) is 155 cm³/mol. The number of anilines is 1. The Labute approximate surface area is 239 Å². The third-order valence-electron chi connectivity index (χ3n) is 7.22. The van der Waals surface area contributed by atoms with Gasteiger partial charge in [0.1, 0.15) is 18.1 Å². The van der Waals surface area contributed by atoms with Crippen molar-refractivity contribution >= 4 is 39.4 Å². The number of rotatable bonds is 8. The molecule has 1 aliphatic heterocycles. The maximum absolute atomic E-state index is 14.3. The highest BCUT2D eigenvalue weighted by atomic mass is 16.7. The third-order valence-corrected chi connectivity index (χ3v) is 7.22. The SMILES string of the molecule is O=C(Nc1ccc2c(c1)OCO2)[C@H](c1c[nH]c2ccccc12)N(Cc1cccnc1)C(=O)Cn1nnc2ccccc21. The molecule has 3 aromatic heterocycles. The molecular formula is C31H25N7O4. The summed E-state index contributed by atoms with van der Waals surface area (Å²) in [5.41, 5.74) is 4.20. The summed E-state index contributed by atoms with van der Waals surface area (Å²) in [6.07, 6.45) is 5.14. The van der Waals surface area contributed by atoms with Crippen molar-refractivity contribution < 1.29 is 19.1 Å². The van der Waals surface area contributed by atoms with Crippen molar-refractivity contribution in [2.45, 2.75) is 19.1 Å². The molecule has 11 nitrogen and oxygen atoms in total. The summed E-state index contributed by atoms with van der Waals surface area (Å²) in [4.78, 5) is 37.5. The monoisotopic (exact) mass is 559 g/mol. The molecule has 0 unspecified atom stereocenters. The molecule has 2 amide bonds. The summed E-state index contributed by atoms with van der Waals surface area (Å²) in [6, 6.07) is 23.0. The van der Waals surface area contributed by atoms with Gasteiger partial charge in [-0.25, -0.2) is 4.68 Å². The number of benzene rings is 3. The van der Waals surface area contributed by atoms with Gasteiger partial charge in [0.15, 0.2) is 11.5 Å². The van der Waals surface area contributed by atoms with Gasteiger partial charge in [-0.3, -0.25) is 14.6 Å². The molecule has 1 atom stereocenters. The topological polar surface area (TPSA) is 127 Å². The fourth-order valence-corrected chi connectivity index (χ4v) is 5.22. The molecule has 11 heteroatoms. The molecular weight excluding hydrogens is 534 g/mol. The summed E-state index contributed by atoms with van der Waals surface area (Å²) in [6.45, 7) is 0.143. The normalized spacial score (nSPS) is 12.9. The molecule has 6 aromatic rings. The van der Waals surface area contributed by atoms with E-state index in [0.717, 1.165) is 22.0 Å². The number of aromatic amines is 1. The number of nitrogens with zero attached hydrogens (tertiary/aromatic N) is 5. The predicted octanol–water partition coefficient (Wildman–Crippen LogP) is 4.45. The molecule has 0 spiro atoms. The van der Waals surface area contributed by atoms with E-state index >= 15 is 0 Å². The van der Waals surface area contributed by atoms with Crippen LogP contribution < -0.4 is 14.8 Å². The second kappa shape index (κ2) is 10.7. The van der Waals surface area contributed by atoms with Crippen molar-refractivity contribution in [2.24, 2.45) is 0 Å². The smallest absolute Gasteiger partial charge is 0.251 e. The minimum atomic E-state index is -1.01. The molecule has 0 aliphatic carbocycles. The first-order chi connectivity index (χ1) is 20.6. The highest BCUT2D eigenvalue weighted by Crippen LogP contribution is 2.36. The summed E-state index contributed by atoms with van der Waals surface area (Å²) >= 11 is 0. The van der Waals surface area contributed by atoms with E-state index in [1.807, 2.05) is 54.6 Å². The Morgan fingerprint density at radius 2 is 1.86 bits per heavy atom. The maximum Gasteiger partial charge on any atom is 0.251 e. The van der Waals surface area contributed by atoms with E-state index in [9.17, 15) is 9.59 Å². The van der Waals surface area contributed by atoms with Gasteiger partial charge in [-0.1, -0.05) is 41.6 Å². The molecule has 7 rings (SSSR count). The number of carbonyl (C=O) groups excluding carboxylic acids is 2. The molecule has 208 valence electrons. The lowest BCUT2D eigenvalue weighted by Crippen LogP contribution is -2.42. The van der Waals surface area contributed by atoms with Crippen LogP contribution in [0.1, 0.15) is 17.2 Å². The number of carbonyl (C=O) groups is 2. The number of amides is 2. The quantitative estimate of drug-likeness (QED) is 0.282. The molecule has 0 fully saturated rings. The van der Waals surface area contributed by atoms with Crippen LogP contribution in [0.25, 0.3) is 21.9 Å². The lowest BCUT2D eigenvalue weighted by Gasteiger charge is -2.31. The van der Waals surface area contributed by atoms with Crippen LogP contribution >= 0.6 is 0 Å². The Morgan fingerprint density at radius 1 is 1.00 bits per heavy atom. The number of H-pyrrole nitrogens is 1. The Kier molecular flexibility index (Phi) is 6.43. The van der Waals surface area contributed by atoms with Crippen LogP contribution in [0.3, 0.4) is 0 Å². The number of fused-ring (bicyclic) bond motifs is 3. The lowest BCUT2D eigenvalue weighted by molar-refractivity contribution is -0.140. The molecule has 42 heavy (non-hydrogen) atoms. The molecule has 3 aromatic carbocycles. The number of pyridine rings is 1. The van der Waals surface area contributed by atoms with Crippen molar-refractivity contribution in [2.75, 3.05) is 12.1 Å². The summed E-state index contributed by atoms with van der Waals surface area (Å²) in [5.74, 6) is 0.442. The van der Waals surface area contributed by atoms with Crippen LogP contribution in [-0.2, 0) is 22.7 Å². The van der Waals surface area contributed by atoms with Crippen LogP contribution in [0.15, 0.2) is 97.5 Å². The fourth-order valence-electron chi connectivity index (χ4n) is 5.22. The number of hydrogen-bond donors (Lipinski definition) is 2. The largest absolute Gasteiger partial charge is 0.454 e. The summed E-state index contributed by atoms with van der Waals surface area (Å²) < 4.78 is 12.5. The van der Waals surface area contributed by atoms with E-state index in [4.69, 9.17) is 9.47 Å². The number of aromatic nitrogens is 5. The van der Waals surface area contributed by atoms with Crippen molar-refractivity contribution in [1.29, 1.82) is 0 Å². The summed E-state index contributed by atoms with van der Waals surface area (Å²) in [7, 11) is 0. The van der Waals surface area contributed by atoms with Crippen LogP contribution in [0.5, 0.6) is 11.5 Å². The van der Waals surface area contributed by atoms with E-state index in [-0.39, 0.29) is 31.7 Å². The van der Waals surface area contributed by atoms with E-state index < -0.39 is 6.04 Å². The zero-order chi connectivity index (χ0) is 28.5. The zero-order valence-electron chi connectivity index (χ0n) is 22.3. The third kappa shape index (κ3) is 4.77. The molecule has 4 heterocycles. The Hall–Kier alpha value is -5.71. The molecule has 0 saturated heterocycles. The first-order valence-electron chi connectivity index (χ1n) is 13.4. The second-order valence-corrected chi connectivity index (χ2v) is 9.87. The van der Waals surface area contributed by atoms with Crippen molar-refractivity contribution in [3.8, 4) is 11.5 Å². The van der Waals surface area contributed by atoms with Gasteiger partial charge in [0.25, 0.3) is 5.91 Å². The highest BCUT2D eigenvalue weighted by Gasteiger charge is 2.34. The average molecular weight is 560 g/mol. The van der Waals surface area contributed by atoms with Crippen molar-refractivity contribution in [1.82, 2.24) is 29.9 Å². The number of hydrogen-bond acceptors (Lipinski definition) is 7. The standard InChI is InChI=1S/C31H25N7O4/c39-29(18-38-26-10-4-3-9-25(26)35-36-38)37(17-20-6-5-13-32-15-20)30(23-16-33-24-8-2-1-7-22(23)24)31(40)34-21-11-12-27-28(14-21)42-19-41-27/h1-16,30,33H,17-19H2,(H,34,40)/t30-/m0/s1. The van der Waals surface area contributed by atoms with Crippen LogP contribution in [-0.4, -0.2) is 48.5 Å². The van der Waals surface area contributed by atoms with Crippen LogP contribution in [0.2, 0.25) is 0 Å². The minimum absolute atomic E-state index is 0.114. The Bertz CT molecular complexity index is 1920. The second-order valence-electron chi connectivity index (χ2n) is 9.87. The van der Waals surface area contributed by atoms with Gasteiger partial charge >= 0.3 is 0 Å². The van der Waals surface area contributed by atoms with Gasteiger partial charge in [-0.2, -0.15) is 0 Å². The van der Waals surface area contributed by atoms with Crippen LogP contribution in [0, 0.1) is 0 Å². The summed E-state index contributed by atoms with van der Waals surface area (Å²) in [5, 5.41) is 12.2. The average Bonchev–Trinajstić information content (AvgIpc) is 3.76. The maximum atomic E-state index is 14.3. The number of para-hydroxylation sites is 2. The van der Waals surface area contributed by atoms with Crippen LogP contribution in [0.4, 0.5) is 5.69 Å². The van der Waals surface area contributed by atoms with Gasteiger partial charge in [0.2, 0.25) is 12.7 Å². The lowest BCUT2D eigenvalue weighted by atomic mass is 10.0. The van der Waals surface area contributed by atoms with Gasteiger partial charge in [0, 0.05) is 53.4 Å². The van der Waals surface area contributed by atoms with Gasteiger partial charge in [-0.15, -0.1) is 5.10 Å². The number of ether oxygens (including phenoxy) is 2. The molecule has 0 saturated carbocycles. The molecule has 2 N–H and O–H groups in total.